The summed E-state index contributed by atoms with van der Waals surface area (Å²) < 4.78 is 13.1. The lowest BCUT2D eigenvalue weighted by molar-refractivity contribution is -0.122. The quantitative estimate of drug-likeness (QED) is 0.322. The van der Waals surface area contributed by atoms with Gasteiger partial charge in [0.05, 0.1) is 24.5 Å². The number of ether oxygens (including phenoxy) is 2. The highest BCUT2D eigenvalue weighted by molar-refractivity contribution is 6.39. The van der Waals surface area contributed by atoms with Crippen LogP contribution in [-0.4, -0.2) is 46.7 Å². The summed E-state index contributed by atoms with van der Waals surface area (Å²) in [5, 5.41) is 11.8. The highest BCUT2D eigenvalue weighted by atomic mass is 16.5. The number of amides is 4. The van der Waals surface area contributed by atoms with Gasteiger partial charge in [0.2, 0.25) is 0 Å². The standard InChI is InChI=1S/C29H29N3O7/c1-6-38-20-11-12-25(39-7-2)24(15-20)32-27(34)22(26(33)30-29(32)37)14-19-13-16(3)31(18(19)5)23-10-8-9-21(17(23)4)28(35)36/h8-15H,6-7H2,1-5H3,(H,35,36)(H,30,33,37)/b22-14-. The summed E-state index contributed by atoms with van der Waals surface area (Å²) in [5.74, 6) is -1.96. The van der Waals surface area contributed by atoms with E-state index in [4.69, 9.17) is 9.47 Å². The van der Waals surface area contributed by atoms with E-state index in [1.807, 2.05) is 18.4 Å². The number of nitrogens with one attached hydrogen (secondary N) is 1. The van der Waals surface area contributed by atoms with Crippen molar-refractivity contribution in [1.29, 1.82) is 0 Å². The lowest BCUT2D eigenvalue weighted by atomic mass is 10.1. The Morgan fingerprint density at radius 2 is 1.69 bits per heavy atom. The molecule has 1 fully saturated rings. The Morgan fingerprint density at radius 3 is 2.36 bits per heavy atom. The molecular weight excluding hydrogens is 502 g/mol. The zero-order chi connectivity index (χ0) is 28.4. The smallest absolute Gasteiger partial charge is 0.336 e. The number of barbiturate groups is 1. The summed E-state index contributed by atoms with van der Waals surface area (Å²) in [7, 11) is 0. The Hall–Kier alpha value is -4.86. The van der Waals surface area contributed by atoms with Crippen molar-refractivity contribution in [3.63, 3.8) is 0 Å². The number of anilines is 1. The van der Waals surface area contributed by atoms with Crippen LogP contribution in [0.5, 0.6) is 11.5 Å². The molecule has 1 saturated heterocycles. The van der Waals surface area contributed by atoms with E-state index in [-0.39, 0.29) is 22.6 Å². The number of nitrogens with zero attached hydrogens (tertiary/aromatic N) is 2. The molecule has 10 heteroatoms. The minimum atomic E-state index is -1.03. The Labute approximate surface area is 225 Å². The van der Waals surface area contributed by atoms with Crippen molar-refractivity contribution in [2.75, 3.05) is 18.1 Å². The second kappa shape index (κ2) is 10.9. The fourth-order valence-corrected chi connectivity index (χ4v) is 4.64. The molecule has 0 atom stereocenters. The molecule has 1 aromatic heterocycles. The average molecular weight is 532 g/mol. The first-order chi connectivity index (χ1) is 18.6. The van der Waals surface area contributed by atoms with Gasteiger partial charge in [-0.3, -0.25) is 14.9 Å². The van der Waals surface area contributed by atoms with Crippen LogP contribution < -0.4 is 19.7 Å². The highest BCUT2D eigenvalue weighted by Gasteiger charge is 2.38. The predicted molar refractivity (Wildman–Crippen MR) is 145 cm³/mol. The minimum Gasteiger partial charge on any atom is -0.494 e. The Bertz CT molecular complexity index is 1530. The number of aryl methyl sites for hydroxylation is 1. The van der Waals surface area contributed by atoms with E-state index < -0.39 is 23.8 Å². The Balaban J connectivity index is 1.80. The molecule has 0 unspecified atom stereocenters. The first kappa shape index (κ1) is 27.2. The molecule has 1 aliphatic rings. The number of carbonyl (C=O) groups excluding carboxylic acids is 3. The third-order valence-electron chi connectivity index (χ3n) is 6.43. The normalized spacial score (nSPS) is 14.5. The maximum absolute atomic E-state index is 13.6. The molecule has 10 nitrogen and oxygen atoms in total. The maximum atomic E-state index is 13.6. The zero-order valence-electron chi connectivity index (χ0n) is 22.3. The number of aromatic nitrogens is 1. The third-order valence-corrected chi connectivity index (χ3v) is 6.43. The number of imide groups is 2. The number of carboxylic acids is 1. The molecule has 2 aromatic carbocycles. The van der Waals surface area contributed by atoms with Crippen LogP contribution in [0.15, 0.2) is 48.0 Å². The van der Waals surface area contributed by atoms with Crippen LogP contribution in [0.4, 0.5) is 10.5 Å². The Kier molecular flexibility index (Phi) is 7.57. The van der Waals surface area contributed by atoms with E-state index in [9.17, 15) is 24.3 Å². The molecule has 0 aliphatic carbocycles. The summed E-state index contributed by atoms with van der Waals surface area (Å²) in [5.41, 5.74) is 3.34. The minimum absolute atomic E-state index is 0.148. The number of carbonyl (C=O) groups is 4. The number of aromatic carboxylic acids is 1. The molecule has 4 amide bonds. The van der Waals surface area contributed by atoms with E-state index >= 15 is 0 Å². The SMILES string of the molecule is CCOc1ccc(OCC)c(N2C(=O)NC(=O)/C(=C/c3cc(C)n(-c4cccc(C(=O)O)c4C)c3C)C2=O)c1. The molecule has 0 radical (unpaired) electrons. The fourth-order valence-electron chi connectivity index (χ4n) is 4.64. The second-order valence-electron chi connectivity index (χ2n) is 8.87. The lowest BCUT2D eigenvalue weighted by Crippen LogP contribution is -2.54. The molecule has 202 valence electrons. The van der Waals surface area contributed by atoms with Crippen LogP contribution in [-0.2, 0) is 9.59 Å². The molecule has 2 N–H and O–H groups in total. The van der Waals surface area contributed by atoms with Gasteiger partial charge >= 0.3 is 12.0 Å². The summed E-state index contributed by atoms with van der Waals surface area (Å²) in [6.45, 7) is 9.63. The predicted octanol–water partition coefficient (Wildman–Crippen LogP) is 4.56. The molecule has 39 heavy (non-hydrogen) atoms. The van der Waals surface area contributed by atoms with Crippen molar-refractivity contribution < 1.29 is 33.8 Å². The van der Waals surface area contributed by atoms with E-state index in [2.05, 4.69) is 5.32 Å². The number of hydrogen-bond donors (Lipinski definition) is 2. The molecule has 0 spiro atoms. The van der Waals surface area contributed by atoms with E-state index in [1.165, 1.54) is 18.2 Å². The first-order valence-electron chi connectivity index (χ1n) is 12.4. The molecule has 0 saturated carbocycles. The summed E-state index contributed by atoms with van der Waals surface area (Å²) in [6, 6.07) is 10.7. The van der Waals surface area contributed by atoms with Crippen molar-refractivity contribution in [3.05, 3.63) is 76.1 Å². The van der Waals surface area contributed by atoms with Crippen LogP contribution in [0.2, 0.25) is 0 Å². The topological polar surface area (TPSA) is 127 Å². The Morgan fingerprint density at radius 1 is 0.974 bits per heavy atom. The molecule has 1 aliphatic heterocycles. The van der Waals surface area contributed by atoms with Gasteiger partial charge in [-0.05, 0) is 82.2 Å². The van der Waals surface area contributed by atoms with Crippen molar-refractivity contribution in [2.45, 2.75) is 34.6 Å². The van der Waals surface area contributed by atoms with Gasteiger partial charge in [0.15, 0.2) is 0 Å². The summed E-state index contributed by atoms with van der Waals surface area (Å²) >= 11 is 0. The molecule has 0 bridgehead atoms. The highest BCUT2D eigenvalue weighted by Crippen LogP contribution is 2.35. The van der Waals surface area contributed by atoms with Crippen molar-refractivity contribution >= 4 is 35.6 Å². The van der Waals surface area contributed by atoms with Gasteiger partial charge in [-0.15, -0.1) is 0 Å². The monoisotopic (exact) mass is 531 g/mol. The van der Waals surface area contributed by atoms with E-state index in [1.54, 1.807) is 51.1 Å². The largest absolute Gasteiger partial charge is 0.494 e. The van der Waals surface area contributed by atoms with Crippen LogP contribution in [0, 0.1) is 20.8 Å². The summed E-state index contributed by atoms with van der Waals surface area (Å²) in [4.78, 5) is 51.9. The number of carboxylic acid groups (broad SMARTS) is 1. The number of rotatable bonds is 8. The molecule has 3 aromatic rings. The van der Waals surface area contributed by atoms with Crippen LogP contribution >= 0.6 is 0 Å². The third kappa shape index (κ3) is 5.00. The van der Waals surface area contributed by atoms with Crippen molar-refractivity contribution in [2.24, 2.45) is 0 Å². The average Bonchev–Trinajstić information content (AvgIpc) is 3.15. The zero-order valence-corrected chi connectivity index (χ0v) is 22.3. The fraction of sp³-hybridized carbons (Fsp3) is 0.241. The van der Waals surface area contributed by atoms with Crippen molar-refractivity contribution in [3.8, 4) is 17.2 Å². The van der Waals surface area contributed by atoms with Gasteiger partial charge < -0.3 is 19.1 Å². The first-order valence-corrected chi connectivity index (χ1v) is 12.4. The molecular formula is C29H29N3O7. The lowest BCUT2D eigenvalue weighted by Gasteiger charge is -2.28. The van der Waals surface area contributed by atoms with Gasteiger partial charge in [0.25, 0.3) is 11.8 Å². The van der Waals surface area contributed by atoms with Gasteiger partial charge in [-0.2, -0.15) is 0 Å². The van der Waals surface area contributed by atoms with E-state index in [0.717, 1.165) is 10.6 Å². The number of urea groups is 1. The van der Waals surface area contributed by atoms with Gasteiger partial charge in [0.1, 0.15) is 17.1 Å². The van der Waals surface area contributed by atoms with Crippen molar-refractivity contribution in [1.82, 2.24) is 9.88 Å². The maximum Gasteiger partial charge on any atom is 0.336 e. The summed E-state index contributed by atoms with van der Waals surface area (Å²) in [6.07, 6.45) is 1.43. The van der Waals surface area contributed by atoms with Gasteiger partial charge in [0, 0.05) is 23.1 Å². The second-order valence-corrected chi connectivity index (χ2v) is 8.87. The van der Waals surface area contributed by atoms with Crippen LogP contribution in [0.3, 0.4) is 0 Å². The molecule has 4 rings (SSSR count). The number of benzene rings is 2. The van der Waals surface area contributed by atoms with Crippen LogP contribution in [0.25, 0.3) is 11.8 Å². The van der Waals surface area contributed by atoms with E-state index in [0.29, 0.717) is 41.5 Å². The van der Waals surface area contributed by atoms with Gasteiger partial charge in [-0.1, -0.05) is 6.07 Å². The van der Waals surface area contributed by atoms with Gasteiger partial charge in [-0.25, -0.2) is 14.5 Å². The number of hydrogen-bond acceptors (Lipinski definition) is 6. The molecule has 2 heterocycles. The van der Waals surface area contributed by atoms with Crippen LogP contribution in [0.1, 0.15) is 46.7 Å².